The Morgan fingerprint density at radius 2 is 1.88 bits per heavy atom. The van der Waals surface area contributed by atoms with Crippen LogP contribution in [0.3, 0.4) is 0 Å². The van der Waals surface area contributed by atoms with Crippen molar-refractivity contribution in [3.63, 3.8) is 0 Å². The molecule has 0 aliphatic heterocycles. The van der Waals surface area contributed by atoms with Crippen molar-refractivity contribution >= 4 is 11.2 Å². The summed E-state index contributed by atoms with van der Waals surface area (Å²) < 4.78 is 5.57. The Morgan fingerprint density at radius 3 is 2.62 bits per heavy atom. The zero-order valence-electron chi connectivity index (χ0n) is 8.71. The highest BCUT2D eigenvalue weighted by atomic mass is 16.4. The molecule has 0 N–H and O–H groups in total. The average Bonchev–Trinajstić information content (AvgIpc) is 2.76. The topological polar surface area (TPSA) is 51.8 Å². The van der Waals surface area contributed by atoms with Gasteiger partial charge in [-0.25, -0.2) is 9.97 Å². The highest BCUT2D eigenvalue weighted by molar-refractivity contribution is 5.74. The van der Waals surface area contributed by atoms with Gasteiger partial charge >= 0.3 is 0 Å². The van der Waals surface area contributed by atoms with E-state index in [1.807, 2.05) is 37.3 Å². The highest BCUT2D eigenvalue weighted by Gasteiger charge is 2.10. The minimum Gasteiger partial charge on any atom is -0.418 e. The zero-order valence-corrected chi connectivity index (χ0v) is 8.71. The maximum atomic E-state index is 5.57. The van der Waals surface area contributed by atoms with E-state index in [1.54, 1.807) is 0 Å². The molecule has 78 valence electrons. The molecule has 0 radical (unpaired) electrons. The standard InChI is InChI=1S/C12H9N3O/c1-8-10-12(14-7-13-8)16-11(15-10)9-5-3-2-4-6-9/h2-7H,1H3. The number of aromatic nitrogens is 3. The molecule has 0 saturated heterocycles. The van der Waals surface area contributed by atoms with E-state index in [4.69, 9.17) is 4.42 Å². The minimum atomic E-state index is 0.534. The van der Waals surface area contributed by atoms with Crippen molar-refractivity contribution < 1.29 is 4.42 Å². The van der Waals surface area contributed by atoms with E-state index in [2.05, 4.69) is 15.0 Å². The molecule has 3 aromatic rings. The maximum absolute atomic E-state index is 5.57. The van der Waals surface area contributed by atoms with Gasteiger partial charge in [0.25, 0.3) is 5.71 Å². The van der Waals surface area contributed by atoms with Gasteiger partial charge in [0.05, 0.1) is 5.69 Å². The predicted octanol–water partition coefficient (Wildman–Crippen LogP) is 2.59. The van der Waals surface area contributed by atoms with Crippen LogP contribution in [0.25, 0.3) is 22.7 Å². The number of fused-ring (bicyclic) bond motifs is 1. The first-order chi connectivity index (χ1) is 7.84. The van der Waals surface area contributed by atoms with Crippen molar-refractivity contribution in [2.24, 2.45) is 0 Å². The number of rotatable bonds is 1. The number of aryl methyl sites for hydroxylation is 1. The first-order valence-corrected chi connectivity index (χ1v) is 4.98. The number of nitrogens with zero attached hydrogens (tertiary/aromatic N) is 3. The van der Waals surface area contributed by atoms with Crippen LogP contribution in [0.5, 0.6) is 0 Å². The van der Waals surface area contributed by atoms with Crippen molar-refractivity contribution in [1.29, 1.82) is 0 Å². The Morgan fingerprint density at radius 1 is 1.06 bits per heavy atom. The smallest absolute Gasteiger partial charge is 0.250 e. The molecule has 0 spiro atoms. The molecule has 3 rings (SSSR count). The summed E-state index contributed by atoms with van der Waals surface area (Å²) in [4.78, 5) is 12.5. The van der Waals surface area contributed by atoms with Gasteiger partial charge in [-0.15, -0.1) is 0 Å². The van der Waals surface area contributed by atoms with Crippen LogP contribution in [0.4, 0.5) is 0 Å². The fourth-order valence-electron chi connectivity index (χ4n) is 1.57. The summed E-state index contributed by atoms with van der Waals surface area (Å²) in [6.07, 6.45) is 1.48. The molecule has 0 saturated carbocycles. The van der Waals surface area contributed by atoms with E-state index in [0.29, 0.717) is 11.6 Å². The number of benzene rings is 1. The minimum absolute atomic E-state index is 0.534. The van der Waals surface area contributed by atoms with Crippen molar-refractivity contribution in [2.75, 3.05) is 0 Å². The third-order valence-electron chi connectivity index (χ3n) is 2.40. The van der Waals surface area contributed by atoms with Crippen LogP contribution in [0.2, 0.25) is 0 Å². The second kappa shape index (κ2) is 3.41. The molecule has 2 heterocycles. The normalized spacial score (nSPS) is 10.8. The third kappa shape index (κ3) is 1.35. The summed E-state index contributed by atoms with van der Waals surface area (Å²) in [5, 5.41) is 0. The number of hydrogen-bond acceptors (Lipinski definition) is 4. The predicted molar refractivity (Wildman–Crippen MR) is 59.8 cm³/mol. The molecule has 4 heteroatoms. The van der Waals surface area contributed by atoms with Gasteiger partial charge in [0, 0.05) is 5.56 Å². The lowest BCUT2D eigenvalue weighted by atomic mass is 10.2. The maximum Gasteiger partial charge on any atom is 0.250 e. The van der Waals surface area contributed by atoms with E-state index in [1.165, 1.54) is 6.33 Å². The summed E-state index contributed by atoms with van der Waals surface area (Å²) in [7, 11) is 0. The molecule has 0 amide bonds. The molecule has 0 atom stereocenters. The van der Waals surface area contributed by atoms with E-state index in [-0.39, 0.29) is 0 Å². The summed E-state index contributed by atoms with van der Waals surface area (Å²) in [5.41, 5.74) is 3.03. The Hall–Kier alpha value is -2.23. The van der Waals surface area contributed by atoms with E-state index < -0.39 is 0 Å². The van der Waals surface area contributed by atoms with Gasteiger partial charge in [-0.2, -0.15) is 4.98 Å². The molecule has 1 aromatic carbocycles. The van der Waals surface area contributed by atoms with Crippen LogP contribution in [-0.4, -0.2) is 15.0 Å². The summed E-state index contributed by atoms with van der Waals surface area (Å²) in [6, 6.07) is 9.75. The first kappa shape index (κ1) is 9.03. The Kier molecular flexibility index (Phi) is 1.93. The molecule has 0 fully saturated rings. The van der Waals surface area contributed by atoms with Crippen LogP contribution in [0, 0.1) is 6.92 Å². The molecular formula is C12H9N3O. The lowest BCUT2D eigenvalue weighted by Crippen LogP contribution is -1.84. The number of hydrogen-bond donors (Lipinski definition) is 0. The van der Waals surface area contributed by atoms with Gasteiger partial charge in [-0.3, -0.25) is 0 Å². The molecule has 0 bridgehead atoms. The number of oxazole rings is 1. The van der Waals surface area contributed by atoms with Crippen LogP contribution < -0.4 is 0 Å². The molecule has 16 heavy (non-hydrogen) atoms. The lowest BCUT2D eigenvalue weighted by molar-refractivity contribution is 0.607. The van der Waals surface area contributed by atoms with E-state index >= 15 is 0 Å². The van der Waals surface area contributed by atoms with Gasteiger partial charge in [0.2, 0.25) is 5.89 Å². The van der Waals surface area contributed by atoms with Crippen LogP contribution in [-0.2, 0) is 0 Å². The summed E-state index contributed by atoms with van der Waals surface area (Å²) in [6.45, 7) is 1.89. The molecule has 0 aliphatic carbocycles. The second-order valence-electron chi connectivity index (χ2n) is 3.50. The third-order valence-corrected chi connectivity index (χ3v) is 2.40. The Bertz CT molecular complexity index is 631. The summed E-state index contributed by atoms with van der Waals surface area (Å²) in [5.74, 6) is 0.583. The lowest BCUT2D eigenvalue weighted by Gasteiger charge is -1.91. The van der Waals surface area contributed by atoms with Crippen LogP contribution in [0.15, 0.2) is 41.1 Å². The SMILES string of the molecule is Cc1ncnc2oc(-c3ccccc3)nc12. The molecule has 0 aliphatic rings. The first-order valence-electron chi connectivity index (χ1n) is 4.98. The Balaban J connectivity index is 2.23. The van der Waals surface area contributed by atoms with Gasteiger partial charge in [0.1, 0.15) is 6.33 Å². The van der Waals surface area contributed by atoms with Crippen molar-refractivity contribution in [3.05, 3.63) is 42.4 Å². The highest BCUT2D eigenvalue weighted by Crippen LogP contribution is 2.23. The Labute approximate surface area is 92.0 Å². The van der Waals surface area contributed by atoms with Gasteiger partial charge in [-0.05, 0) is 19.1 Å². The van der Waals surface area contributed by atoms with Crippen molar-refractivity contribution in [1.82, 2.24) is 15.0 Å². The quantitative estimate of drug-likeness (QED) is 0.620. The van der Waals surface area contributed by atoms with Crippen molar-refractivity contribution in [3.8, 4) is 11.5 Å². The van der Waals surface area contributed by atoms with E-state index in [0.717, 1.165) is 16.8 Å². The van der Waals surface area contributed by atoms with Gasteiger partial charge in [0.15, 0.2) is 5.52 Å². The molecule has 4 nitrogen and oxygen atoms in total. The fraction of sp³-hybridized carbons (Fsp3) is 0.0833. The van der Waals surface area contributed by atoms with Crippen LogP contribution >= 0.6 is 0 Å². The van der Waals surface area contributed by atoms with E-state index in [9.17, 15) is 0 Å². The molecular weight excluding hydrogens is 202 g/mol. The second-order valence-corrected chi connectivity index (χ2v) is 3.50. The molecule has 2 aromatic heterocycles. The fourth-order valence-corrected chi connectivity index (χ4v) is 1.57. The average molecular weight is 211 g/mol. The van der Waals surface area contributed by atoms with Crippen LogP contribution in [0.1, 0.15) is 5.69 Å². The summed E-state index contributed by atoms with van der Waals surface area (Å²) >= 11 is 0. The van der Waals surface area contributed by atoms with Crippen molar-refractivity contribution in [2.45, 2.75) is 6.92 Å². The van der Waals surface area contributed by atoms with Gasteiger partial charge < -0.3 is 4.42 Å². The zero-order chi connectivity index (χ0) is 11.0. The monoisotopic (exact) mass is 211 g/mol. The largest absolute Gasteiger partial charge is 0.418 e. The van der Waals surface area contributed by atoms with Gasteiger partial charge in [-0.1, -0.05) is 18.2 Å². The molecule has 0 unspecified atom stereocenters.